The van der Waals surface area contributed by atoms with Gasteiger partial charge in [0.1, 0.15) is 0 Å². The Morgan fingerprint density at radius 2 is 1.43 bits per heavy atom. The molecule has 2 aliphatic rings. The number of ether oxygens (including phenoxy) is 3. The highest BCUT2D eigenvalue weighted by atomic mass is 19.1. The molecule has 2 heterocycles. The molecule has 0 aromatic heterocycles. The smallest absolute Gasteiger partial charge is 0.189 e. The molecule has 4 nitrogen and oxygen atoms in total. The quantitative estimate of drug-likeness (QED) is 0.871. The fourth-order valence-corrected chi connectivity index (χ4v) is 2.79. The molecule has 0 amide bonds. The maximum absolute atomic E-state index is 13.2. The van der Waals surface area contributed by atoms with Gasteiger partial charge in [0.05, 0.1) is 12.2 Å². The van der Waals surface area contributed by atoms with E-state index in [0.717, 1.165) is 12.8 Å². The zero-order valence-electron chi connectivity index (χ0n) is 13.5. The second kappa shape index (κ2) is 8.36. The van der Waals surface area contributed by atoms with Crippen LogP contribution in [0.1, 0.15) is 40.5 Å². The second-order valence-electron chi connectivity index (χ2n) is 5.77. The van der Waals surface area contributed by atoms with Crippen LogP contribution >= 0.6 is 0 Å². The van der Waals surface area contributed by atoms with Gasteiger partial charge in [-0.05, 0) is 12.8 Å². The maximum Gasteiger partial charge on any atom is 0.189 e. The zero-order valence-corrected chi connectivity index (χ0v) is 13.5. The molecule has 0 spiro atoms. The predicted molar refractivity (Wildman–Crippen MR) is 75.3 cm³/mol. The third kappa shape index (κ3) is 4.34. The summed E-state index contributed by atoms with van der Waals surface area (Å²) in [6.07, 6.45) is -2.48. The molecule has 2 aliphatic heterocycles. The second-order valence-corrected chi connectivity index (χ2v) is 5.77. The van der Waals surface area contributed by atoms with E-state index in [2.05, 4.69) is 0 Å². The molecule has 0 aromatic carbocycles. The molecule has 1 N–H and O–H groups in total. The van der Waals surface area contributed by atoms with Crippen molar-refractivity contribution >= 4 is 0 Å². The molecule has 0 aliphatic carbocycles. The molecule has 126 valence electrons. The molecular weight excluding hydrogens is 282 g/mol. The summed E-state index contributed by atoms with van der Waals surface area (Å²) >= 11 is 0. The van der Waals surface area contributed by atoms with Gasteiger partial charge in [0.25, 0.3) is 0 Å². The predicted octanol–water partition coefficient (Wildman–Crippen LogP) is 2.83. The summed E-state index contributed by atoms with van der Waals surface area (Å²) in [5.74, 6) is -0.204. The Morgan fingerprint density at radius 3 is 1.67 bits per heavy atom. The number of methoxy groups -OCH3 is 1. The number of aliphatic hydroxyl groups is 1. The first-order valence-electron chi connectivity index (χ1n) is 7.67. The Hall–Kier alpha value is -0.300. The maximum atomic E-state index is 13.2. The lowest BCUT2D eigenvalue weighted by molar-refractivity contribution is -0.135. The number of hydrogen-bond acceptors (Lipinski definition) is 4. The minimum absolute atomic E-state index is 0.0231. The molecule has 6 heteroatoms. The van der Waals surface area contributed by atoms with E-state index in [1.165, 1.54) is 7.11 Å². The van der Waals surface area contributed by atoms with E-state index < -0.39 is 24.9 Å². The van der Waals surface area contributed by atoms with E-state index in [9.17, 15) is 8.78 Å². The molecule has 0 aromatic rings. The van der Waals surface area contributed by atoms with Gasteiger partial charge in [-0.25, -0.2) is 8.78 Å². The minimum atomic E-state index is -1.20. The SMILES string of the molecule is CC[C@H]1OC(O)[C@@H](F)[C@@H]1C.CC[C@H]1OC(OC)[C@@H](F)[C@@H]1C. The summed E-state index contributed by atoms with van der Waals surface area (Å²) in [6.45, 7) is 7.53. The summed E-state index contributed by atoms with van der Waals surface area (Å²) in [7, 11) is 1.47. The number of alkyl halides is 2. The van der Waals surface area contributed by atoms with Gasteiger partial charge in [-0.2, -0.15) is 0 Å². The molecule has 2 fully saturated rings. The van der Waals surface area contributed by atoms with E-state index in [0.29, 0.717) is 0 Å². The normalized spacial score (nSPS) is 46.3. The van der Waals surface area contributed by atoms with E-state index in [1.807, 2.05) is 20.8 Å². The third-order valence-electron chi connectivity index (χ3n) is 4.37. The highest BCUT2D eigenvalue weighted by Gasteiger charge is 2.41. The third-order valence-corrected chi connectivity index (χ3v) is 4.37. The van der Waals surface area contributed by atoms with Crippen LogP contribution in [0.15, 0.2) is 0 Å². The van der Waals surface area contributed by atoms with Crippen LogP contribution in [-0.2, 0) is 14.2 Å². The molecule has 2 saturated heterocycles. The van der Waals surface area contributed by atoms with Crippen molar-refractivity contribution < 1.29 is 28.1 Å². The van der Waals surface area contributed by atoms with E-state index in [-0.39, 0.29) is 24.0 Å². The van der Waals surface area contributed by atoms with Crippen LogP contribution in [0.3, 0.4) is 0 Å². The Bertz CT molecular complexity index is 287. The Balaban J connectivity index is 0.000000211. The number of rotatable bonds is 3. The van der Waals surface area contributed by atoms with Gasteiger partial charge in [0, 0.05) is 18.9 Å². The van der Waals surface area contributed by atoms with E-state index in [1.54, 1.807) is 6.92 Å². The molecule has 21 heavy (non-hydrogen) atoms. The van der Waals surface area contributed by atoms with Crippen LogP contribution in [0.25, 0.3) is 0 Å². The van der Waals surface area contributed by atoms with Crippen molar-refractivity contribution in [2.24, 2.45) is 11.8 Å². The van der Waals surface area contributed by atoms with Crippen molar-refractivity contribution in [3.8, 4) is 0 Å². The van der Waals surface area contributed by atoms with Crippen molar-refractivity contribution in [3.05, 3.63) is 0 Å². The van der Waals surface area contributed by atoms with Crippen LogP contribution in [0, 0.1) is 11.8 Å². The van der Waals surface area contributed by atoms with Crippen LogP contribution < -0.4 is 0 Å². The van der Waals surface area contributed by atoms with Crippen LogP contribution in [0.5, 0.6) is 0 Å². The first kappa shape index (κ1) is 18.7. The zero-order chi connectivity index (χ0) is 16.2. The van der Waals surface area contributed by atoms with Crippen molar-refractivity contribution in [2.75, 3.05) is 7.11 Å². The summed E-state index contributed by atoms with van der Waals surface area (Å²) < 4.78 is 41.0. The summed E-state index contributed by atoms with van der Waals surface area (Å²) in [5, 5.41) is 8.87. The highest BCUT2D eigenvalue weighted by molar-refractivity contribution is 4.83. The molecular formula is C15H28F2O4. The summed E-state index contributed by atoms with van der Waals surface area (Å²) in [6, 6.07) is 0. The lowest BCUT2D eigenvalue weighted by Gasteiger charge is -2.10. The number of aliphatic hydroxyl groups excluding tert-OH is 1. The topological polar surface area (TPSA) is 47.9 Å². The molecule has 0 radical (unpaired) electrons. The summed E-state index contributed by atoms with van der Waals surface area (Å²) in [5.41, 5.74) is 0. The van der Waals surface area contributed by atoms with E-state index in [4.69, 9.17) is 19.3 Å². The lowest BCUT2D eigenvalue weighted by atomic mass is 10.0. The first-order valence-corrected chi connectivity index (χ1v) is 7.67. The van der Waals surface area contributed by atoms with Gasteiger partial charge >= 0.3 is 0 Å². The van der Waals surface area contributed by atoms with Crippen molar-refractivity contribution in [1.82, 2.24) is 0 Å². The van der Waals surface area contributed by atoms with Crippen LogP contribution in [0.4, 0.5) is 8.78 Å². The van der Waals surface area contributed by atoms with E-state index >= 15 is 0 Å². The van der Waals surface area contributed by atoms with Gasteiger partial charge in [0.2, 0.25) is 0 Å². The average molecular weight is 310 g/mol. The summed E-state index contributed by atoms with van der Waals surface area (Å²) in [4.78, 5) is 0. The number of halogens is 2. The monoisotopic (exact) mass is 310 g/mol. The van der Waals surface area contributed by atoms with Crippen molar-refractivity contribution in [3.63, 3.8) is 0 Å². The Morgan fingerprint density at radius 1 is 0.952 bits per heavy atom. The number of hydrogen-bond donors (Lipinski definition) is 1. The molecule has 0 saturated carbocycles. The minimum Gasteiger partial charge on any atom is -0.366 e. The Kier molecular flexibility index (Phi) is 7.47. The van der Waals surface area contributed by atoms with Crippen LogP contribution in [0.2, 0.25) is 0 Å². The van der Waals surface area contributed by atoms with Crippen LogP contribution in [-0.4, -0.2) is 49.3 Å². The van der Waals surface area contributed by atoms with Crippen molar-refractivity contribution in [2.45, 2.75) is 77.7 Å². The molecule has 2 rings (SSSR count). The standard InChI is InChI=1S/C8H15FO2.C7H13FO2/c1-4-6-5(2)7(9)8(10-3)11-6;1-3-5-4(2)6(8)7(9)10-5/h5-8H,4H2,1-3H3;4-7,9H,3H2,1-2H3/t5-,6-,7+,8?;4-,5-,6+,7?/m11/s1. The fourth-order valence-electron chi connectivity index (χ4n) is 2.79. The van der Waals surface area contributed by atoms with Gasteiger partial charge in [-0.15, -0.1) is 0 Å². The van der Waals surface area contributed by atoms with Gasteiger partial charge in [-0.3, -0.25) is 0 Å². The average Bonchev–Trinajstić information content (AvgIpc) is 2.91. The lowest BCUT2D eigenvalue weighted by Crippen LogP contribution is -2.22. The molecule has 2 unspecified atom stereocenters. The largest absolute Gasteiger partial charge is 0.366 e. The van der Waals surface area contributed by atoms with Gasteiger partial charge in [-0.1, -0.05) is 27.7 Å². The van der Waals surface area contributed by atoms with Gasteiger partial charge in [0.15, 0.2) is 24.9 Å². The molecule has 8 atom stereocenters. The van der Waals surface area contributed by atoms with Crippen molar-refractivity contribution in [1.29, 1.82) is 0 Å². The highest BCUT2D eigenvalue weighted by Crippen LogP contribution is 2.31. The van der Waals surface area contributed by atoms with Gasteiger partial charge < -0.3 is 19.3 Å². The Labute approximate surface area is 125 Å². The first-order chi connectivity index (χ1) is 9.87. The molecule has 0 bridgehead atoms. The fraction of sp³-hybridized carbons (Fsp3) is 1.00.